The number of aliphatic imine (C=N–C) groups is 1. The second-order valence-electron chi connectivity index (χ2n) is 5.81. The van der Waals surface area contributed by atoms with E-state index in [-0.39, 0.29) is 24.0 Å². The van der Waals surface area contributed by atoms with Crippen LogP contribution >= 0.6 is 24.0 Å². The molecule has 0 aromatic rings. The largest absolute Gasteiger partial charge is 0.382 e. The third-order valence-corrected chi connectivity index (χ3v) is 3.89. The number of guanidine groups is 1. The Morgan fingerprint density at radius 1 is 1.04 bits per heavy atom. The fraction of sp³-hybridized carbons (Fsp3) is 0.941. The molecule has 1 fully saturated rings. The SMILES string of the molecule is CCOCCCCNC(=NC)NCCCOCC1CCOCC1.I. The van der Waals surface area contributed by atoms with Gasteiger partial charge < -0.3 is 24.8 Å². The van der Waals surface area contributed by atoms with Crippen LogP contribution in [0.3, 0.4) is 0 Å². The van der Waals surface area contributed by atoms with Gasteiger partial charge in [-0.25, -0.2) is 0 Å². The molecule has 0 spiro atoms. The van der Waals surface area contributed by atoms with Gasteiger partial charge in [0.1, 0.15) is 0 Å². The minimum atomic E-state index is 0. The first-order valence-corrected chi connectivity index (χ1v) is 9.04. The Balaban J connectivity index is 0.00000529. The van der Waals surface area contributed by atoms with Crippen LogP contribution in [-0.2, 0) is 14.2 Å². The topological polar surface area (TPSA) is 64.1 Å². The molecule has 6 nitrogen and oxygen atoms in total. The summed E-state index contributed by atoms with van der Waals surface area (Å²) in [5.41, 5.74) is 0. The van der Waals surface area contributed by atoms with Gasteiger partial charge >= 0.3 is 0 Å². The van der Waals surface area contributed by atoms with Crippen LogP contribution in [0.2, 0.25) is 0 Å². The predicted molar refractivity (Wildman–Crippen MR) is 109 cm³/mol. The lowest BCUT2D eigenvalue weighted by Crippen LogP contribution is -2.38. The summed E-state index contributed by atoms with van der Waals surface area (Å²) in [7, 11) is 1.80. The summed E-state index contributed by atoms with van der Waals surface area (Å²) in [5.74, 6) is 1.55. The minimum Gasteiger partial charge on any atom is -0.382 e. The van der Waals surface area contributed by atoms with E-state index in [4.69, 9.17) is 14.2 Å². The molecule has 0 amide bonds. The molecule has 1 rings (SSSR count). The van der Waals surface area contributed by atoms with Crippen molar-refractivity contribution in [3.05, 3.63) is 0 Å². The van der Waals surface area contributed by atoms with Crippen LogP contribution in [0.4, 0.5) is 0 Å². The van der Waals surface area contributed by atoms with Gasteiger partial charge in [0, 0.05) is 59.8 Å². The average molecular weight is 457 g/mol. The third kappa shape index (κ3) is 13.2. The maximum atomic E-state index is 5.75. The molecular weight excluding hydrogens is 421 g/mol. The lowest BCUT2D eigenvalue weighted by atomic mass is 10.0. The molecule has 1 heterocycles. The number of rotatable bonds is 12. The molecule has 144 valence electrons. The number of unbranched alkanes of at least 4 members (excludes halogenated alkanes) is 1. The van der Waals surface area contributed by atoms with Gasteiger partial charge in [-0.3, -0.25) is 4.99 Å². The van der Waals surface area contributed by atoms with Crippen molar-refractivity contribution in [2.24, 2.45) is 10.9 Å². The normalized spacial score (nSPS) is 15.8. The Morgan fingerprint density at radius 3 is 2.38 bits per heavy atom. The summed E-state index contributed by atoms with van der Waals surface area (Å²) in [6, 6.07) is 0. The Kier molecular flexibility index (Phi) is 17.6. The van der Waals surface area contributed by atoms with E-state index in [2.05, 4.69) is 15.6 Å². The predicted octanol–water partition coefficient (Wildman–Crippen LogP) is 2.42. The van der Waals surface area contributed by atoms with Crippen molar-refractivity contribution in [2.75, 3.05) is 59.8 Å². The van der Waals surface area contributed by atoms with Gasteiger partial charge in [0.2, 0.25) is 0 Å². The minimum absolute atomic E-state index is 0. The molecule has 0 radical (unpaired) electrons. The number of nitrogens with zero attached hydrogens (tertiary/aromatic N) is 1. The summed E-state index contributed by atoms with van der Waals surface area (Å²) in [4.78, 5) is 4.22. The molecule has 24 heavy (non-hydrogen) atoms. The van der Waals surface area contributed by atoms with Crippen molar-refractivity contribution >= 4 is 29.9 Å². The monoisotopic (exact) mass is 457 g/mol. The fourth-order valence-corrected chi connectivity index (χ4v) is 2.44. The quantitative estimate of drug-likeness (QED) is 0.204. The van der Waals surface area contributed by atoms with Gasteiger partial charge in [-0.1, -0.05) is 0 Å². The van der Waals surface area contributed by atoms with Gasteiger partial charge in [0.15, 0.2) is 5.96 Å². The zero-order valence-electron chi connectivity index (χ0n) is 15.3. The second-order valence-corrected chi connectivity index (χ2v) is 5.81. The molecule has 0 aromatic carbocycles. The highest BCUT2D eigenvalue weighted by Gasteiger charge is 2.13. The van der Waals surface area contributed by atoms with Crippen LogP contribution in [0, 0.1) is 5.92 Å². The Labute approximate surface area is 164 Å². The summed E-state index contributed by atoms with van der Waals surface area (Å²) < 4.78 is 16.4. The van der Waals surface area contributed by atoms with E-state index in [1.54, 1.807) is 7.05 Å². The van der Waals surface area contributed by atoms with Crippen LogP contribution in [0.25, 0.3) is 0 Å². The number of halogens is 1. The van der Waals surface area contributed by atoms with E-state index in [9.17, 15) is 0 Å². The molecule has 0 bridgehead atoms. The highest BCUT2D eigenvalue weighted by molar-refractivity contribution is 14.0. The van der Waals surface area contributed by atoms with Crippen LogP contribution in [0.5, 0.6) is 0 Å². The molecule has 0 aromatic heterocycles. The molecule has 0 unspecified atom stereocenters. The van der Waals surface area contributed by atoms with Crippen molar-refractivity contribution < 1.29 is 14.2 Å². The second kappa shape index (κ2) is 17.7. The van der Waals surface area contributed by atoms with Gasteiger partial charge in [-0.05, 0) is 44.9 Å². The van der Waals surface area contributed by atoms with Crippen LogP contribution in [0.1, 0.15) is 39.0 Å². The molecule has 0 atom stereocenters. The van der Waals surface area contributed by atoms with Gasteiger partial charge in [-0.15, -0.1) is 24.0 Å². The molecular formula is C17H36IN3O3. The van der Waals surface area contributed by atoms with E-state index in [1.807, 2.05) is 6.92 Å². The first-order valence-electron chi connectivity index (χ1n) is 9.04. The Morgan fingerprint density at radius 2 is 1.71 bits per heavy atom. The van der Waals surface area contributed by atoms with Crippen molar-refractivity contribution in [3.63, 3.8) is 0 Å². The Bertz CT molecular complexity index is 301. The van der Waals surface area contributed by atoms with Crippen molar-refractivity contribution in [3.8, 4) is 0 Å². The molecule has 1 aliphatic heterocycles. The van der Waals surface area contributed by atoms with Crippen LogP contribution < -0.4 is 10.6 Å². The number of hydrogen-bond donors (Lipinski definition) is 2. The lowest BCUT2D eigenvalue weighted by Gasteiger charge is -2.21. The highest BCUT2D eigenvalue weighted by Crippen LogP contribution is 2.14. The summed E-state index contributed by atoms with van der Waals surface area (Å²) in [6.45, 7) is 8.93. The molecule has 1 aliphatic rings. The first kappa shape index (κ1) is 23.9. The molecule has 1 saturated heterocycles. The number of hydrogen-bond acceptors (Lipinski definition) is 4. The van der Waals surface area contributed by atoms with Gasteiger partial charge in [0.05, 0.1) is 0 Å². The average Bonchev–Trinajstić information content (AvgIpc) is 2.60. The molecule has 0 aliphatic carbocycles. The maximum Gasteiger partial charge on any atom is 0.190 e. The summed E-state index contributed by atoms with van der Waals surface area (Å²) >= 11 is 0. The van der Waals surface area contributed by atoms with Crippen molar-refractivity contribution in [2.45, 2.75) is 39.0 Å². The first-order chi connectivity index (χ1) is 11.4. The number of ether oxygens (including phenoxy) is 3. The molecule has 7 heteroatoms. The van der Waals surface area contributed by atoms with E-state index in [0.29, 0.717) is 5.92 Å². The van der Waals surface area contributed by atoms with Crippen molar-refractivity contribution in [1.82, 2.24) is 10.6 Å². The van der Waals surface area contributed by atoms with Crippen LogP contribution in [-0.4, -0.2) is 65.7 Å². The maximum absolute atomic E-state index is 5.75. The fourth-order valence-electron chi connectivity index (χ4n) is 2.44. The molecule has 0 saturated carbocycles. The van der Waals surface area contributed by atoms with E-state index in [1.165, 1.54) is 0 Å². The van der Waals surface area contributed by atoms with E-state index >= 15 is 0 Å². The van der Waals surface area contributed by atoms with E-state index in [0.717, 1.165) is 90.8 Å². The summed E-state index contributed by atoms with van der Waals surface area (Å²) in [6.07, 6.45) is 5.44. The lowest BCUT2D eigenvalue weighted by molar-refractivity contribution is 0.0203. The van der Waals surface area contributed by atoms with Gasteiger partial charge in [0.25, 0.3) is 0 Å². The van der Waals surface area contributed by atoms with Crippen molar-refractivity contribution in [1.29, 1.82) is 0 Å². The third-order valence-electron chi connectivity index (χ3n) is 3.89. The zero-order chi connectivity index (χ0) is 16.6. The van der Waals surface area contributed by atoms with Gasteiger partial charge in [-0.2, -0.15) is 0 Å². The summed E-state index contributed by atoms with van der Waals surface area (Å²) in [5, 5.41) is 6.64. The smallest absolute Gasteiger partial charge is 0.190 e. The number of nitrogens with one attached hydrogen (secondary N) is 2. The molecule has 2 N–H and O–H groups in total. The standard InChI is InChI=1S/C17H35N3O3.HI/c1-3-21-11-5-4-9-19-17(18-2)20-10-6-12-23-15-16-7-13-22-14-8-16;/h16H,3-15H2,1-2H3,(H2,18,19,20);1H. The van der Waals surface area contributed by atoms with E-state index < -0.39 is 0 Å². The highest BCUT2D eigenvalue weighted by atomic mass is 127. The zero-order valence-corrected chi connectivity index (χ0v) is 17.7. The van der Waals surface area contributed by atoms with Crippen LogP contribution in [0.15, 0.2) is 4.99 Å². The Hall–Kier alpha value is -0.120.